The van der Waals surface area contributed by atoms with Gasteiger partial charge in [0.1, 0.15) is 24.4 Å². The fourth-order valence-electron chi connectivity index (χ4n) is 5.46. The van der Waals surface area contributed by atoms with Crippen molar-refractivity contribution in [1.82, 2.24) is 5.32 Å². The molecule has 1 saturated carbocycles. The van der Waals surface area contributed by atoms with Crippen molar-refractivity contribution in [3.63, 3.8) is 0 Å². The number of ether oxygens (including phenoxy) is 5. The Morgan fingerprint density at radius 2 is 1.54 bits per heavy atom. The molecule has 1 aliphatic carbocycles. The molecular weight excluding hydrogens is 466 g/mol. The van der Waals surface area contributed by atoms with Crippen LogP contribution in [0.25, 0.3) is 0 Å². The van der Waals surface area contributed by atoms with Crippen molar-refractivity contribution < 1.29 is 44.1 Å². The van der Waals surface area contributed by atoms with Gasteiger partial charge in [-0.15, -0.1) is 0 Å². The van der Waals surface area contributed by atoms with E-state index >= 15 is 0 Å². The minimum Gasteiger partial charge on any atom is -0.394 e. The Labute approximate surface area is 204 Å². The molecule has 0 spiro atoms. The summed E-state index contributed by atoms with van der Waals surface area (Å²) in [5, 5.41) is 44.4. The van der Waals surface area contributed by atoms with E-state index in [0.29, 0.717) is 12.8 Å². The van der Waals surface area contributed by atoms with Gasteiger partial charge in [-0.2, -0.15) is 0 Å². The van der Waals surface area contributed by atoms with E-state index in [1.165, 1.54) is 0 Å². The van der Waals surface area contributed by atoms with E-state index in [9.17, 15) is 20.4 Å². The lowest BCUT2D eigenvalue weighted by atomic mass is 9.86. The summed E-state index contributed by atoms with van der Waals surface area (Å²) in [4.78, 5) is 0. The fourth-order valence-corrected chi connectivity index (χ4v) is 5.46. The van der Waals surface area contributed by atoms with Crippen LogP contribution in [0.4, 0.5) is 0 Å². The van der Waals surface area contributed by atoms with Crippen molar-refractivity contribution in [3.8, 4) is 0 Å². The number of hydrogen-bond donors (Lipinski definition) is 9. The lowest BCUT2D eigenvalue weighted by Gasteiger charge is -2.51. The molecule has 9 unspecified atom stereocenters. The van der Waals surface area contributed by atoms with Crippen LogP contribution in [-0.4, -0.2) is 126 Å². The SMILES string of the molecule is CNC1C(O[C@H]2OC(CO)[C@@H](N)CC2O)O[C@H]2CC(N)[C@@H](O[C@@H]3C(N)C[C@@H](N)CC3O)OC2C1O. The Morgan fingerprint density at radius 1 is 0.800 bits per heavy atom. The number of fused-ring (bicyclic) bond motifs is 1. The first-order chi connectivity index (χ1) is 16.6. The maximum Gasteiger partial charge on any atom is 0.187 e. The molecule has 14 nitrogen and oxygen atoms in total. The second-order valence-electron chi connectivity index (χ2n) is 10.1. The molecule has 13 N–H and O–H groups in total. The highest BCUT2D eigenvalue weighted by molar-refractivity contribution is 5.00. The predicted octanol–water partition coefficient (Wildman–Crippen LogP) is -4.89. The van der Waals surface area contributed by atoms with Crippen LogP contribution in [0.1, 0.15) is 25.7 Å². The summed E-state index contributed by atoms with van der Waals surface area (Å²) < 4.78 is 29.6. The van der Waals surface area contributed by atoms with Crippen molar-refractivity contribution in [2.75, 3.05) is 13.7 Å². The van der Waals surface area contributed by atoms with Gasteiger partial charge in [0.25, 0.3) is 0 Å². The summed E-state index contributed by atoms with van der Waals surface area (Å²) in [6.07, 6.45) is -7.52. The average molecular weight is 508 g/mol. The van der Waals surface area contributed by atoms with Gasteiger partial charge in [0, 0.05) is 18.1 Å². The first-order valence-electron chi connectivity index (χ1n) is 12.2. The lowest BCUT2D eigenvalue weighted by Crippen LogP contribution is -2.69. The number of likely N-dealkylation sites (N-methyl/N-ethyl adjacent to an activating group) is 1. The Bertz CT molecular complexity index is 684. The first-order valence-corrected chi connectivity index (χ1v) is 12.2. The smallest absolute Gasteiger partial charge is 0.187 e. The highest BCUT2D eigenvalue weighted by Crippen LogP contribution is 2.35. The number of rotatable bonds is 6. The molecule has 0 bridgehead atoms. The largest absolute Gasteiger partial charge is 0.394 e. The van der Waals surface area contributed by atoms with Crippen LogP contribution < -0.4 is 28.3 Å². The van der Waals surface area contributed by atoms with Crippen molar-refractivity contribution in [2.24, 2.45) is 22.9 Å². The number of aliphatic hydroxyl groups is 4. The molecule has 0 aromatic carbocycles. The van der Waals surface area contributed by atoms with Crippen LogP contribution in [0.3, 0.4) is 0 Å². The predicted molar refractivity (Wildman–Crippen MR) is 120 cm³/mol. The molecule has 0 aromatic heterocycles. The van der Waals surface area contributed by atoms with Gasteiger partial charge in [-0.1, -0.05) is 0 Å². The lowest BCUT2D eigenvalue weighted by molar-refractivity contribution is -0.366. The maximum absolute atomic E-state index is 11.1. The molecule has 3 saturated heterocycles. The molecule has 0 radical (unpaired) electrons. The monoisotopic (exact) mass is 507 g/mol. The molecule has 4 aliphatic rings. The molecule has 0 amide bonds. The van der Waals surface area contributed by atoms with Gasteiger partial charge in [0.2, 0.25) is 0 Å². The van der Waals surface area contributed by atoms with E-state index in [1.807, 2.05) is 0 Å². The van der Waals surface area contributed by atoms with Gasteiger partial charge in [-0.05, 0) is 32.7 Å². The Kier molecular flexibility index (Phi) is 8.99. The number of hydrogen-bond acceptors (Lipinski definition) is 14. The third kappa shape index (κ3) is 5.81. The van der Waals surface area contributed by atoms with Crippen LogP contribution in [0, 0.1) is 0 Å². The van der Waals surface area contributed by atoms with E-state index in [4.69, 9.17) is 46.6 Å². The first kappa shape index (κ1) is 27.5. The Balaban J connectivity index is 1.41. The normalized spacial score (nSPS) is 53.2. The quantitative estimate of drug-likeness (QED) is 0.164. The van der Waals surface area contributed by atoms with E-state index in [2.05, 4.69) is 5.32 Å². The highest BCUT2D eigenvalue weighted by Gasteiger charge is 2.53. The summed E-state index contributed by atoms with van der Waals surface area (Å²) >= 11 is 0. The summed E-state index contributed by atoms with van der Waals surface area (Å²) in [6, 6.07) is -2.59. The zero-order valence-electron chi connectivity index (χ0n) is 19.8. The molecule has 0 aromatic rings. The standard InChI is InChI=1S/C21H41N5O9/c1-26-15-16(30)18-13(31-21(15)35-20-12(29)4-8(23)14(6-27)32-20)5-10(25)19(34-18)33-17-9(24)2-7(22)3-11(17)28/h7-21,26-30H,2-6,22-25H2,1H3/t7-,8+,9?,10?,11?,12?,13+,14?,15?,16?,17-,18?,19+,20-,21?/m1/s1. The number of nitrogens with two attached hydrogens (primary N) is 4. The molecule has 4 rings (SSSR count). The van der Waals surface area contributed by atoms with Crippen LogP contribution in [0.5, 0.6) is 0 Å². The summed E-state index contributed by atoms with van der Waals surface area (Å²) in [5.41, 5.74) is 24.3. The van der Waals surface area contributed by atoms with Gasteiger partial charge >= 0.3 is 0 Å². The second kappa shape index (κ2) is 11.4. The average Bonchev–Trinajstić information content (AvgIpc) is 2.78. The molecule has 204 valence electrons. The van der Waals surface area contributed by atoms with Gasteiger partial charge in [0.05, 0.1) is 37.0 Å². The van der Waals surface area contributed by atoms with Gasteiger partial charge in [0.15, 0.2) is 18.9 Å². The van der Waals surface area contributed by atoms with Crippen LogP contribution in [0.2, 0.25) is 0 Å². The third-order valence-corrected chi connectivity index (χ3v) is 7.43. The van der Waals surface area contributed by atoms with E-state index < -0.39 is 85.8 Å². The molecule has 35 heavy (non-hydrogen) atoms. The molecule has 3 aliphatic heterocycles. The minimum atomic E-state index is -1.11. The third-order valence-electron chi connectivity index (χ3n) is 7.43. The minimum absolute atomic E-state index is 0.175. The van der Waals surface area contributed by atoms with Crippen molar-refractivity contribution in [3.05, 3.63) is 0 Å². The fraction of sp³-hybridized carbons (Fsp3) is 1.00. The van der Waals surface area contributed by atoms with Gasteiger partial charge < -0.3 is 72.4 Å². The summed E-state index contributed by atoms with van der Waals surface area (Å²) in [6.45, 7) is -0.322. The van der Waals surface area contributed by atoms with Gasteiger partial charge in [-0.25, -0.2) is 0 Å². The van der Waals surface area contributed by atoms with Crippen molar-refractivity contribution in [1.29, 1.82) is 0 Å². The van der Waals surface area contributed by atoms with Crippen LogP contribution >= 0.6 is 0 Å². The summed E-state index contributed by atoms with van der Waals surface area (Å²) in [7, 11) is 1.63. The Hall–Kier alpha value is -0.560. The molecule has 3 heterocycles. The maximum atomic E-state index is 11.1. The van der Waals surface area contributed by atoms with E-state index in [-0.39, 0.29) is 25.5 Å². The summed E-state index contributed by atoms with van der Waals surface area (Å²) in [5.74, 6) is 0. The zero-order chi connectivity index (χ0) is 25.4. The number of aliphatic hydroxyl groups excluding tert-OH is 4. The van der Waals surface area contributed by atoms with Crippen LogP contribution in [0.15, 0.2) is 0 Å². The topological polar surface area (TPSA) is 243 Å². The molecule has 14 heteroatoms. The van der Waals surface area contributed by atoms with Crippen LogP contribution in [-0.2, 0) is 23.7 Å². The highest BCUT2D eigenvalue weighted by atomic mass is 16.8. The molecule has 4 fully saturated rings. The molecule has 15 atom stereocenters. The Morgan fingerprint density at radius 3 is 2.20 bits per heavy atom. The van der Waals surface area contributed by atoms with E-state index in [0.717, 1.165) is 0 Å². The van der Waals surface area contributed by atoms with Crippen molar-refractivity contribution >= 4 is 0 Å². The second-order valence-corrected chi connectivity index (χ2v) is 10.1. The number of nitrogens with one attached hydrogen (secondary N) is 1. The van der Waals surface area contributed by atoms with E-state index in [1.54, 1.807) is 7.05 Å². The van der Waals surface area contributed by atoms with Gasteiger partial charge in [-0.3, -0.25) is 0 Å². The van der Waals surface area contributed by atoms with Crippen molar-refractivity contribution in [2.45, 2.75) is 117 Å². The molecular formula is C21H41N5O9. The zero-order valence-corrected chi connectivity index (χ0v) is 19.8.